The Labute approximate surface area is 108 Å². The Balaban J connectivity index is 2.36. The van der Waals surface area contributed by atoms with Gasteiger partial charge in [-0.1, -0.05) is 13.8 Å². The Morgan fingerprint density at radius 3 is 2.41 bits per heavy atom. The molecule has 1 unspecified atom stereocenters. The third-order valence-electron chi connectivity index (χ3n) is 3.16. The molecule has 1 aromatic heterocycles. The van der Waals surface area contributed by atoms with E-state index in [9.17, 15) is 5.11 Å². The van der Waals surface area contributed by atoms with E-state index in [4.69, 9.17) is 0 Å². The van der Waals surface area contributed by atoms with Crippen molar-refractivity contribution >= 4 is 11.3 Å². The van der Waals surface area contributed by atoms with Crippen LogP contribution in [0.2, 0.25) is 0 Å². The molecule has 1 atom stereocenters. The van der Waals surface area contributed by atoms with Crippen LogP contribution >= 0.6 is 11.3 Å². The van der Waals surface area contributed by atoms with Crippen LogP contribution in [0.15, 0.2) is 0 Å². The van der Waals surface area contributed by atoms with Crippen molar-refractivity contribution in [3.8, 4) is 0 Å². The molecule has 98 valence electrons. The fraction of sp³-hybridized carbons (Fsp3) is 0.769. The molecule has 1 heterocycles. The summed E-state index contributed by atoms with van der Waals surface area (Å²) in [7, 11) is 0. The van der Waals surface area contributed by atoms with Gasteiger partial charge in [0.05, 0.1) is 16.8 Å². The molecule has 3 nitrogen and oxygen atoms in total. The van der Waals surface area contributed by atoms with Gasteiger partial charge in [0, 0.05) is 17.8 Å². The van der Waals surface area contributed by atoms with Gasteiger partial charge < -0.3 is 10.0 Å². The predicted molar refractivity (Wildman–Crippen MR) is 73.7 cm³/mol. The Morgan fingerprint density at radius 1 is 1.29 bits per heavy atom. The average Bonchev–Trinajstić information content (AvgIpc) is 2.59. The minimum Gasteiger partial charge on any atom is -0.393 e. The lowest BCUT2D eigenvalue weighted by Gasteiger charge is -2.19. The number of aryl methyl sites for hydroxylation is 2. The zero-order chi connectivity index (χ0) is 12.8. The molecule has 0 radical (unpaired) electrons. The first-order valence-electron chi connectivity index (χ1n) is 6.40. The highest BCUT2D eigenvalue weighted by Crippen LogP contribution is 2.18. The molecule has 17 heavy (non-hydrogen) atoms. The van der Waals surface area contributed by atoms with Gasteiger partial charge in [0.2, 0.25) is 0 Å². The van der Waals surface area contributed by atoms with E-state index in [1.165, 1.54) is 4.88 Å². The lowest BCUT2D eigenvalue weighted by Crippen LogP contribution is -2.27. The first-order valence-corrected chi connectivity index (χ1v) is 7.21. The van der Waals surface area contributed by atoms with Gasteiger partial charge in [-0.25, -0.2) is 4.98 Å². The largest absolute Gasteiger partial charge is 0.393 e. The molecule has 0 saturated carbocycles. The number of aliphatic hydroxyl groups excluding tert-OH is 1. The van der Waals surface area contributed by atoms with Crippen molar-refractivity contribution < 1.29 is 5.11 Å². The van der Waals surface area contributed by atoms with Gasteiger partial charge in [-0.15, -0.1) is 11.3 Å². The van der Waals surface area contributed by atoms with E-state index >= 15 is 0 Å². The second-order valence-electron chi connectivity index (χ2n) is 4.42. The normalized spacial score (nSPS) is 13.3. The molecular weight excluding hydrogens is 232 g/mol. The van der Waals surface area contributed by atoms with Gasteiger partial charge in [-0.05, 0) is 33.4 Å². The number of hydrogen-bond acceptors (Lipinski definition) is 4. The third kappa shape index (κ3) is 4.74. The number of thiazole rings is 1. The highest BCUT2D eigenvalue weighted by atomic mass is 32.1. The summed E-state index contributed by atoms with van der Waals surface area (Å²) in [6, 6.07) is 0. The topological polar surface area (TPSA) is 36.4 Å². The lowest BCUT2D eigenvalue weighted by molar-refractivity contribution is 0.143. The van der Waals surface area contributed by atoms with Crippen LogP contribution in [0.5, 0.6) is 0 Å². The van der Waals surface area contributed by atoms with Crippen LogP contribution in [0.25, 0.3) is 0 Å². The molecule has 0 amide bonds. The summed E-state index contributed by atoms with van der Waals surface area (Å²) in [5.41, 5.74) is 1.10. The van der Waals surface area contributed by atoms with Crippen molar-refractivity contribution in [3.63, 3.8) is 0 Å². The molecular formula is C13H24N2OS. The molecule has 1 N–H and O–H groups in total. The Bertz CT molecular complexity index is 315. The summed E-state index contributed by atoms with van der Waals surface area (Å²) < 4.78 is 0. The summed E-state index contributed by atoms with van der Waals surface area (Å²) in [5.74, 6) is 0. The molecule has 0 aromatic carbocycles. The molecule has 0 aliphatic rings. The van der Waals surface area contributed by atoms with Crippen LogP contribution in [0.4, 0.5) is 0 Å². The third-order valence-corrected chi connectivity index (χ3v) is 4.25. The molecule has 1 rings (SSSR count). The summed E-state index contributed by atoms with van der Waals surface area (Å²) in [6.07, 6.45) is 1.26. The maximum atomic E-state index is 9.98. The van der Waals surface area contributed by atoms with Crippen LogP contribution in [-0.2, 0) is 6.42 Å². The monoisotopic (exact) mass is 256 g/mol. The minimum absolute atomic E-state index is 0.263. The standard InChI is InChI=1S/C13H24N2OS/c1-5-15(6-2)8-7-12(16)9-13-14-10(3)11(4)17-13/h12,16H,5-9H2,1-4H3. The van der Waals surface area contributed by atoms with Crippen molar-refractivity contribution in [3.05, 3.63) is 15.6 Å². The molecule has 0 spiro atoms. The zero-order valence-electron chi connectivity index (χ0n) is 11.4. The average molecular weight is 256 g/mol. The van der Waals surface area contributed by atoms with Gasteiger partial charge in [-0.2, -0.15) is 0 Å². The van der Waals surface area contributed by atoms with Crippen molar-refractivity contribution in [1.29, 1.82) is 0 Å². The van der Waals surface area contributed by atoms with E-state index in [-0.39, 0.29) is 6.10 Å². The number of hydrogen-bond donors (Lipinski definition) is 1. The second kappa shape index (κ2) is 7.09. The van der Waals surface area contributed by atoms with Gasteiger partial charge in [0.15, 0.2) is 0 Å². The molecule has 0 fully saturated rings. The van der Waals surface area contributed by atoms with Crippen molar-refractivity contribution in [2.45, 2.75) is 46.6 Å². The summed E-state index contributed by atoms with van der Waals surface area (Å²) >= 11 is 1.70. The second-order valence-corrected chi connectivity index (χ2v) is 5.71. The van der Waals surface area contributed by atoms with Gasteiger partial charge >= 0.3 is 0 Å². The molecule has 0 aliphatic carbocycles. The molecule has 0 bridgehead atoms. The summed E-state index contributed by atoms with van der Waals surface area (Å²) in [4.78, 5) is 8.06. The first kappa shape index (κ1) is 14.6. The van der Waals surface area contributed by atoms with Crippen LogP contribution in [-0.4, -0.2) is 40.7 Å². The first-order chi connectivity index (χ1) is 8.06. The highest BCUT2D eigenvalue weighted by Gasteiger charge is 2.11. The summed E-state index contributed by atoms with van der Waals surface area (Å²) in [5, 5.41) is 11.0. The maximum Gasteiger partial charge on any atom is 0.0956 e. The van der Waals surface area contributed by atoms with Crippen LogP contribution in [0.1, 0.15) is 35.8 Å². The maximum absolute atomic E-state index is 9.98. The lowest BCUT2D eigenvalue weighted by atomic mass is 10.2. The van der Waals surface area contributed by atoms with Crippen LogP contribution in [0, 0.1) is 13.8 Å². The molecule has 0 aliphatic heterocycles. The Hall–Kier alpha value is -0.450. The van der Waals surface area contributed by atoms with Crippen LogP contribution in [0.3, 0.4) is 0 Å². The Kier molecular flexibility index (Phi) is 6.09. The van der Waals surface area contributed by atoms with Gasteiger partial charge in [0.1, 0.15) is 0 Å². The van der Waals surface area contributed by atoms with E-state index in [1.54, 1.807) is 11.3 Å². The van der Waals surface area contributed by atoms with Crippen molar-refractivity contribution in [1.82, 2.24) is 9.88 Å². The Morgan fingerprint density at radius 2 is 1.94 bits per heavy atom. The van der Waals surface area contributed by atoms with E-state index in [0.29, 0.717) is 6.42 Å². The van der Waals surface area contributed by atoms with Crippen LogP contribution < -0.4 is 0 Å². The highest BCUT2D eigenvalue weighted by molar-refractivity contribution is 7.11. The van der Waals surface area contributed by atoms with E-state index in [2.05, 4.69) is 30.7 Å². The SMILES string of the molecule is CCN(CC)CCC(O)Cc1nc(C)c(C)s1. The summed E-state index contributed by atoms with van der Waals surface area (Å²) in [6.45, 7) is 11.5. The number of aliphatic hydroxyl groups is 1. The fourth-order valence-corrected chi connectivity index (χ4v) is 2.81. The zero-order valence-corrected chi connectivity index (χ0v) is 12.2. The molecule has 4 heteroatoms. The minimum atomic E-state index is -0.263. The molecule has 1 aromatic rings. The number of rotatable bonds is 7. The quantitative estimate of drug-likeness (QED) is 0.814. The van der Waals surface area contributed by atoms with E-state index < -0.39 is 0 Å². The fourth-order valence-electron chi connectivity index (χ4n) is 1.80. The van der Waals surface area contributed by atoms with Gasteiger partial charge in [-0.3, -0.25) is 0 Å². The predicted octanol–water partition coefficient (Wildman–Crippen LogP) is 2.40. The van der Waals surface area contributed by atoms with E-state index in [0.717, 1.165) is 36.8 Å². The smallest absolute Gasteiger partial charge is 0.0956 e. The van der Waals surface area contributed by atoms with Crippen molar-refractivity contribution in [2.24, 2.45) is 0 Å². The van der Waals surface area contributed by atoms with Crippen molar-refractivity contribution in [2.75, 3.05) is 19.6 Å². The number of aromatic nitrogens is 1. The molecule has 0 saturated heterocycles. The number of nitrogens with zero attached hydrogens (tertiary/aromatic N) is 2. The van der Waals surface area contributed by atoms with Gasteiger partial charge in [0.25, 0.3) is 0 Å². The van der Waals surface area contributed by atoms with E-state index in [1.807, 2.05) is 6.92 Å².